The molecule has 0 radical (unpaired) electrons. The van der Waals surface area contributed by atoms with Gasteiger partial charge < -0.3 is 24.7 Å². The minimum atomic E-state index is -1.09. The van der Waals surface area contributed by atoms with E-state index in [1.807, 2.05) is 0 Å². The Morgan fingerprint density at radius 2 is 2.00 bits per heavy atom. The van der Waals surface area contributed by atoms with Crippen LogP contribution in [0.25, 0.3) is 0 Å². The Balaban J connectivity index is 1.99. The van der Waals surface area contributed by atoms with Gasteiger partial charge in [0.05, 0.1) is 25.2 Å². The number of anilines is 2. The van der Waals surface area contributed by atoms with Crippen molar-refractivity contribution in [3.63, 3.8) is 0 Å². The number of hydrogen-bond acceptors (Lipinski definition) is 7. The van der Waals surface area contributed by atoms with Crippen LogP contribution in [0.3, 0.4) is 0 Å². The molecule has 3 rings (SSSR count). The molecule has 2 aliphatic heterocycles. The van der Waals surface area contributed by atoms with Gasteiger partial charge in [0.2, 0.25) is 5.95 Å². The fourth-order valence-electron chi connectivity index (χ4n) is 3.70. The summed E-state index contributed by atoms with van der Waals surface area (Å²) in [5.74, 6) is 0.368. The Bertz CT molecular complexity index is 690. The fraction of sp³-hybridized carbons (Fsp3) is 0.737. The van der Waals surface area contributed by atoms with Crippen LogP contribution in [0, 0.1) is 5.41 Å². The van der Waals surface area contributed by atoms with E-state index < -0.39 is 11.4 Å². The van der Waals surface area contributed by atoms with Crippen molar-refractivity contribution in [1.82, 2.24) is 9.97 Å². The molecule has 8 nitrogen and oxygen atoms in total. The number of hydrogen-bond donors (Lipinski definition) is 2. The second-order valence-corrected chi connectivity index (χ2v) is 8.43. The summed E-state index contributed by atoms with van der Waals surface area (Å²) in [6.45, 7) is 9.63. The summed E-state index contributed by atoms with van der Waals surface area (Å²) < 4.78 is 5.44. The average Bonchev–Trinajstić information content (AvgIpc) is 2.68. The lowest BCUT2D eigenvalue weighted by atomic mass is 9.83. The third-order valence-corrected chi connectivity index (χ3v) is 5.72. The zero-order valence-corrected chi connectivity index (χ0v) is 16.4. The van der Waals surface area contributed by atoms with E-state index in [-0.39, 0.29) is 12.0 Å². The van der Waals surface area contributed by atoms with Crippen LogP contribution in [0.2, 0.25) is 0 Å². The molecule has 0 spiro atoms. The summed E-state index contributed by atoms with van der Waals surface area (Å²) in [6, 6.07) is 0. The topological polar surface area (TPSA) is 99.0 Å². The predicted molar refractivity (Wildman–Crippen MR) is 102 cm³/mol. The molecule has 2 saturated heterocycles. The van der Waals surface area contributed by atoms with Crippen molar-refractivity contribution in [1.29, 1.82) is 0 Å². The molecule has 0 saturated carbocycles. The molecule has 150 valence electrons. The molecule has 1 atom stereocenters. The number of aliphatic hydroxyl groups is 1. The number of aromatic nitrogens is 2. The number of nitrogens with zero attached hydrogens (tertiary/aromatic N) is 4. The smallest absolute Gasteiger partial charge is 0.313 e. The van der Waals surface area contributed by atoms with Gasteiger partial charge in [-0.2, -0.15) is 4.98 Å². The van der Waals surface area contributed by atoms with E-state index in [2.05, 4.69) is 21.7 Å². The van der Waals surface area contributed by atoms with Crippen molar-refractivity contribution in [3.05, 3.63) is 11.8 Å². The fourth-order valence-corrected chi connectivity index (χ4v) is 3.70. The van der Waals surface area contributed by atoms with Gasteiger partial charge in [-0.25, -0.2) is 4.98 Å². The molecule has 27 heavy (non-hydrogen) atoms. The van der Waals surface area contributed by atoms with Gasteiger partial charge >= 0.3 is 5.97 Å². The van der Waals surface area contributed by atoms with Crippen LogP contribution in [-0.4, -0.2) is 72.1 Å². The van der Waals surface area contributed by atoms with Gasteiger partial charge in [0.1, 0.15) is 5.82 Å². The second kappa shape index (κ2) is 7.59. The van der Waals surface area contributed by atoms with Gasteiger partial charge in [-0.05, 0) is 26.7 Å². The maximum atomic E-state index is 11.8. The Kier molecular flexibility index (Phi) is 5.58. The van der Waals surface area contributed by atoms with E-state index in [1.54, 1.807) is 20.0 Å². The minimum Gasteiger partial charge on any atom is -0.481 e. The van der Waals surface area contributed by atoms with Crippen molar-refractivity contribution < 1.29 is 19.7 Å². The first kappa shape index (κ1) is 19.8. The molecule has 1 unspecified atom stereocenters. The Morgan fingerprint density at radius 3 is 2.63 bits per heavy atom. The van der Waals surface area contributed by atoms with Crippen molar-refractivity contribution >= 4 is 17.7 Å². The van der Waals surface area contributed by atoms with E-state index >= 15 is 0 Å². The Labute approximate surface area is 160 Å². The van der Waals surface area contributed by atoms with E-state index in [0.29, 0.717) is 50.2 Å². The van der Waals surface area contributed by atoms with Crippen LogP contribution >= 0.6 is 0 Å². The van der Waals surface area contributed by atoms with Crippen LogP contribution < -0.4 is 9.80 Å². The van der Waals surface area contributed by atoms with Crippen LogP contribution in [0.1, 0.15) is 39.2 Å². The standard InChI is InChI=1S/C19H30N4O4/c1-18(2,16(25)26)14-11-20-17(21-15(14)22-7-9-27-10-8-22)23-6-4-5-19(3,12-23)13-24/h11,24H,4-10,12-13H2,1-3H3,(H,25,26). The summed E-state index contributed by atoms with van der Waals surface area (Å²) in [5.41, 5.74) is -0.643. The highest BCUT2D eigenvalue weighted by molar-refractivity contribution is 5.82. The lowest BCUT2D eigenvalue weighted by molar-refractivity contribution is -0.142. The minimum absolute atomic E-state index is 0.129. The first-order valence-electron chi connectivity index (χ1n) is 9.56. The number of ether oxygens (including phenoxy) is 1. The highest BCUT2D eigenvalue weighted by atomic mass is 16.5. The molecule has 0 amide bonds. The van der Waals surface area contributed by atoms with Crippen molar-refractivity contribution in [3.8, 4) is 0 Å². The lowest BCUT2D eigenvalue weighted by Gasteiger charge is -2.40. The molecular weight excluding hydrogens is 348 g/mol. The zero-order chi connectivity index (χ0) is 19.7. The molecule has 2 aliphatic rings. The number of rotatable bonds is 5. The number of aliphatic carboxylic acids is 1. The van der Waals surface area contributed by atoms with Crippen LogP contribution in [0.15, 0.2) is 6.20 Å². The van der Waals surface area contributed by atoms with Gasteiger partial charge in [-0.3, -0.25) is 4.79 Å². The first-order chi connectivity index (χ1) is 12.8. The summed E-state index contributed by atoms with van der Waals surface area (Å²) in [6.07, 6.45) is 3.60. The number of morpholine rings is 1. The number of piperidine rings is 1. The summed E-state index contributed by atoms with van der Waals surface area (Å²) in [5, 5.41) is 19.4. The second-order valence-electron chi connectivity index (χ2n) is 8.43. The van der Waals surface area contributed by atoms with Crippen molar-refractivity contribution in [2.24, 2.45) is 5.41 Å². The Hall–Kier alpha value is -1.93. The molecule has 1 aromatic heterocycles. The molecule has 2 fully saturated rings. The van der Waals surface area contributed by atoms with Gasteiger partial charge in [0, 0.05) is 43.4 Å². The third kappa shape index (κ3) is 4.01. The van der Waals surface area contributed by atoms with E-state index in [4.69, 9.17) is 9.72 Å². The van der Waals surface area contributed by atoms with Gasteiger partial charge in [-0.15, -0.1) is 0 Å². The molecular formula is C19H30N4O4. The normalized spacial score (nSPS) is 24.1. The number of aliphatic hydroxyl groups excluding tert-OH is 1. The van der Waals surface area contributed by atoms with Crippen molar-refractivity contribution in [2.75, 3.05) is 55.8 Å². The first-order valence-corrected chi connectivity index (χ1v) is 9.56. The molecule has 0 bridgehead atoms. The molecule has 0 aliphatic carbocycles. The van der Waals surface area contributed by atoms with E-state index in [0.717, 1.165) is 19.4 Å². The maximum Gasteiger partial charge on any atom is 0.313 e. The van der Waals surface area contributed by atoms with Crippen LogP contribution in [0.5, 0.6) is 0 Å². The largest absolute Gasteiger partial charge is 0.481 e. The average molecular weight is 378 g/mol. The number of carboxylic acids is 1. The van der Waals surface area contributed by atoms with Crippen molar-refractivity contribution in [2.45, 2.75) is 39.0 Å². The molecule has 1 aromatic rings. The van der Waals surface area contributed by atoms with E-state index in [9.17, 15) is 15.0 Å². The molecule has 0 aromatic carbocycles. The van der Waals surface area contributed by atoms with Gasteiger partial charge in [0.15, 0.2) is 0 Å². The summed E-state index contributed by atoms with van der Waals surface area (Å²) in [4.78, 5) is 25.3. The molecule has 3 heterocycles. The number of carbonyl (C=O) groups is 1. The highest BCUT2D eigenvalue weighted by Gasteiger charge is 2.36. The Morgan fingerprint density at radius 1 is 1.30 bits per heavy atom. The van der Waals surface area contributed by atoms with E-state index in [1.165, 1.54) is 0 Å². The quantitative estimate of drug-likeness (QED) is 0.790. The maximum absolute atomic E-state index is 11.8. The third-order valence-electron chi connectivity index (χ3n) is 5.72. The van der Waals surface area contributed by atoms with Crippen LogP contribution in [0.4, 0.5) is 11.8 Å². The molecule has 8 heteroatoms. The summed E-state index contributed by atoms with van der Waals surface area (Å²) >= 11 is 0. The highest BCUT2D eigenvalue weighted by Crippen LogP contribution is 2.35. The number of carboxylic acid groups (broad SMARTS) is 1. The lowest BCUT2D eigenvalue weighted by Crippen LogP contribution is -2.45. The zero-order valence-electron chi connectivity index (χ0n) is 16.4. The summed E-state index contributed by atoms with van der Waals surface area (Å²) in [7, 11) is 0. The van der Waals surface area contributed by atoms with Gasteiger partial charge in [0.25, 0.3) is 0 Å². The SMILES string of the molecule is CC1(CO)CCCN(c2ncc(C(C)(C)C(=O)O)c(N3CCOCC3)n2)C1. The monoisotopic (exact) mass is 378 g/mol. The predicted octanol–water partition coefficient (Wildman–Crippen LogP) is 1.27. The van der Waals surface area contributed by atoms with Gasteiger partial charge in [-0.1, -0.05) is 6.92 Å². The van der Waals surface area contributed by atoms with Crippen LogP contribution in [-0.2, 0) is 14.9 Å². The molecule has 2 N–H and O–H groups in total.